The van der Waals surface area contributed by atoms with Gasteiger partial charge >= 0.3 is 0 Å². The Morgan fingerprint density at radius 1 is 1.19 bits per heavy atom. The van der Waals surface area contributed by atoms with Crippen LogP contribution in [0.25, 0.3) is 0 Å². The molecule has 2 atom stereocenters. The molecule has 0 bridgehead atoms. The maximum atomic E-state index is 12.9. The number of methoxy groups -OCH3 is 1. The van der Waals surface area contributed by atoms with E-state index in [9.17, 15) is 9.59 Å². The van der Waals surface area contributed by atoms with E-state index in [4.69, 9.17) is 9.15 Å². The standard InChI is InChI=1S/C25H26N2O4S/c1-3-22(17-10-12-20(30-2)13-11-17)26-24(29)18-6-8-19(9-7-18)25-27(23(28)16-32-25)15-21-5-4-14-31-21/h4-14,22,25H,3,15-16H2,1-2H3,(H,26,29)/t22-,25+/m1/s1. The van der Waals surface area contributed by atoms with Gasteiger partial charge in [-0.25, -0.2) is 0 Å². The highest BCUT2D eigenvalue weighted by molar-refractivity contribution is 8.00. The van der Waals surface area contributed by atoms with Crippen LogP contribution >= 0.6 is 11.8 Å². The fourth-order valence-corrected chi connectivity index (χ4v) is 4.96. The fourth-order valence-electron chi connectivity index (χ4n) is 3.77. The molecule has 0 saturated carbocycles. The average Bonchev–Trinajstić information content (AvgIpc) is 3.48. The average molecular weight is 451 g/mol. The second-order valence-electron chi connectivity index (χ2n) is 7.59. The highest BCUT2D eigenvalue weighted by atomic mass is 32.2. The van der Waals surface area contributed by atoms with Crippen molar-refractivity contribution in [3.05, 3.63) is 89.4 Å². The monoisotopic (exact) mass is 450 g/mol. The Labute approximate surface area is 191 Å². The van der Waals surface area contributed by atoms with Crippen molar-refractivity contribution in [2.75, 3.05) is 12.9 Å². The van der Waals surface area contributed by atoms with Gasteiger partial charge in [-0.05, 0) is 53.9 Å². The zero-order chi connectivity index (χ0) is 22.5. The highest BCUT2D eigenvalue weighted by Gasteiger charge is 2.33. The van der Waals surface area contributed by atoms with E-state index >= 15 is 0 Å². The molecular weight excluding hydrogens is 424 g/mol. The molecule has 0 unspecified atom stereocenters. The molecule has 0 radical (unpaired) electrons. The van der Waals surface area contributed by atoms with Crippen molar-refractivity contribution in [3.63, 3.8) is 0 Å². The van der Waals surface area contributed by atoms with Gasteiger partial charge < -0.3 is 19.4 Å². The lowest BCUT2D eigenvalue weighted by Gasteiger charge is -2.23. The first-order valence-electron chi connectivity index (χ1n) is 10.6. The summed E-state index contributed by atoms with van der Waals surface area (Å²) < 4.78 is 10.6. The lowest BCUT2D eigenvalue weighted by Crippen LogP contribution is -2.28. The molecule has 2 heterocycles. The van der Waals surface area contributed by atoms with E-state index in [1.165, 1.54) is 0 Å². The summed E-state index contributed by atoms with van der Waals surface area (Å²) in [6.07, 6.45) is 2.39. The topological polar surface area (TPSA) is 71.8 Å². The van der Waals surface area contributed by atoms with Crippen molar-refractivity contribution in [3.8, 4) is 5.75 Å². The molecule has 1 aliphatic rings. The fraction of sp³-hybridized carbons (Fsp3) is 0.280. The Balaban J connectivity index is 1.44. The number of hydrogen-bond acceptors (Lipinski definition) is 5. The predicted octanol–water partition coefficient (Wildman–Crippen LogP) is 4.94. The van der Waals surface area contributed by atoms with Crippen molar-refractivity contribution in [2.45, 2.75) is 31.3 Å². The van der Waals surface area contributed by atoms with E-state index in [2.05, 4.69) is 5.32 Å². The Hall–Kier alpha value is -3.19. The second kappa shape index (κ2) is 9.96. The number of carbonyl (C=O) groups is 2. The first-order valence-corrected chi connectivity index (χ1v) is 11.6. The van der Waals surface area contributed by atoms with Crippen LogP contribution in [-0.4, -0.2) is 29.6 Å². The van der Waals surface area contributed by atoms with E-state index in [1.54, 1.807) is 25.1 Å². The number of nitrogens with one attached hydrogen (secondary N) is 1. The maximum absolute atomic E-state index is 12.9. The maximum Gasteiger partial charge on any atom is 0.251 e. The molecule has 1 aromatic heterocycles. The van der Waals surface area contributed by atoms with Gasteiger partial charge in [-0.15, -0.1) is 11.8 Å². The molecule has 1 N–H and O–H groups in total. The summed E-state index contributed by atoms with van der Waals surface area (Å²) in [6.45, 7) is 2.48. The molecule has 166 valence electrons. The van der Waals surface area contributed by atoms with Crippen LogP contribution in [0.4, 0.5) is 0 Å². The number of furan rings is 1. The number of rotatable bonds is 8. The van der Waals surface area contributed by atoms with Crippen LogP contribution in [0.5, 0.6) is 5.75 Å². The molecule has 2 amide bonds. The minimum atomic E-state index is -0.123. The van der Waals surface area contributed by atoms with Crippen LogP contribution < -0.4 is 10.1 Å². The highest BCUT2D eigenvalue weighted by Crippen LogP contribution is 2.39. The number of carbonyl (C=O) groups excluding carboxylic acids is 2. The van der Waals surface area contributed by atoms with E-state index in [-0.39, 0.29) is 23.2 Å². The van der Waals surface area contributed by atoms with Gasteiger partial charge in [-0.1, -0.05) is 31.2 Å². The number of ether oxygens (including phenoxy) is 1. The SMILES string of the molecule is CC[C@@H](NC(=O)c1ccc([C@@H]2SCC(=O)N2Cc2ccco2)cc1)c1ccc(OC)cc1. The zero-order valence-corrected chi connectivity index (χ0v) is 18.9. The molecule has 1 fully saturated rings. The smallest absolute Gasteiger partial charge is 0.251 e. The molecule has 1 saturated heterocycles. The third-order valence-corrected chi connectivity index (χ3v) is 6.82. The molecule has 3 aromatic rings. The van der Waals surface area contributed by atoms with Gasteiger partial charge in [0, 0.05) is 5.56 Å². The number of nitrogens with zero attached hydrogens (tertiary/aromatic N) is 1. The van der Waals surface area contributed by atoms with E-state index in [1.807, 2.05) is 72.5 Å². The normalized spacial score (nSPS) is 16.8. The van der Waals surface area contributed by atoms with Crippen LogP contribution in [0.3, 0.4) is 0 Å². The summed E-state index contributed by atoms with van der Waals surface area (Å²) in [5, 5.41) is 3.02. The largest absolute Gasteiger partial charge is 0.497 e. The minimum Gasteiger partial charge on any atom is -0.497 e. The summed E-state index contributed by atoms with van der Waals surface area (Å²) in [5.41, 5.74) is 2.62. The molecule has 0 aliphatic carbocycles. The minimum absolute atomic E-state index is 0.0834. The van der Waals surface area contributed by atoms with E-state index < -0.39 is 0 Å². The summed E-state index contributed by atoms with van der Waals surface area (Å²) in [6, 6.07) is 18.8. The van der Waals surface area contributed by atoms with Crippen molar-refractivity contribution in [1.82, 2.24) is 10.2 Å². The number of amides is 2. The quantitative estimate of drug-likeness (QED) is 0.526. The van der Waals surface area contributed by atoms with Crippen LogP contribution in [0.15, 0.2) is 71.3 Å². The van der Waals surface area contributed by atoms with Gasteiger partial charge in [-0.2, -0.15) is 0 Å². The summed E-state index contributed by atoms with van der Waals surface area (Å²) >= 11 is 1.59. The van der Waals surface area contributed by atoms with Crippen LogP contribution in [-0.2, 0) is 11.3 Å². The van der Waals surface area contributed by atoms with Crippen molar-refractivity contribution in [1.29, 1.82) is 0 Å². The third kappa shape index (κ3) is 4.83. The zero-order valence-electron chi connectivity index (χ0n) is 18.1. The Morgan fingerprint density at radius 2 is 1.94 bits per heavy atom. The van der Waals surface area contributed by atoms with Gasteiger partial charge in [-0.3, -0.25) is 9.59 Å². The lowest BCUT2D eigenvalue weighted by atomic mass is 10.0. The summed E-state index contributed by atoms with van der Waals surface area (Å²) in [7, 11) is 1.63. The van der Waals surface area contributed by atoms with Crippen molar-refractivity contribution in [2.24, 2.45) is 0 Å². The number of thioether (sulfide) groups is 1. The third-order valence-electron chi connectivity index (χ3n) is 5.56. The number of benzene rings is 2. The predicted molar refractivity (Wildman–Crippen MR) is 124 cm³/mol. The van der Waals surface area contributed by atoms with E-state index in [0.717, 1.165) is 29.1 Å². The number of hydrogen-bond donors (Lipinski definition) is 1. The molecule has 6 nitrogen and oxygen atoms in total. The van der Waals surface area contributed by atoms with Gasteiger partial charge in [0.05, 0.1) is 31.7 Å². The van der Waals surface area contributed by atoms with E-state index in [0.29, 0.717) is 17.9 Å². The first-order chi connectivity index (χ1) is 15.6. The van der Waals surface area contributed by atoms with Gasteiger partial charge in [0.15, 0.2) is 0 Å². The molecule has 2 aromatic carbocycles. The van der Waals surface area contributed by atoms with Crippen molar-refractivity contribution >= 4 is 23.6 Å². The molecule has 1 aliphatic heterocycles. The van der Waals surface area contributed by atoms with Crippen LogP contribution in [0.1, 0.15) is 52.0 Å². The molecule has 32 heavy (non-hydrogen) atoms. The Bertz CT molecular complexity index is 1050. The lowest BCUT2D eigenvalue weighted by molar-refractivity contribution is -0.128. The Morgan fingerprint density at radius 3 is 2.56 bits per heavy atom. The van der Waals surface area contributed by atoms with Crippen LogP contribution in [0, 0.1) is 0 Å². The molecule has 4 rings (SSSR count). The Kier molecular flexibility index (Phi) is 6.85. The van der Waals surface area contributed by atoms with Crippen molar-refractivity contribution < 1.29 is 18.7 Å². The second-order valence-corrected chi connectivity index (χ2v) is 8.66. The molecule has 7 heteroatoms. The van der Waals surface area contributed by atoms with Crippen LogP contribution in [0.2, 0.25) is 0 Å². The summed E-state index contributed by atoms with van der Waals surface area (Å²) in [4.78, 5) is 27.0. The van der Waals surface area contributed by atoms with Gasteiger partial charge in [0.25, 0.3) is 5.91 Å². The van der Waals surface area contributed by atoms with Gasteiger partial charge in [0.2, 0.25) is 5.91 Å². The molecule has 0 spiro atoms. The molecular formula is C25H26N2O4S. The first kappa shape index (κ1) is 22.0. The van der Waals surface area contributed by atoms with Gasteiger partial charge in [0.1, 0.15) is 16.9 Å². The summed E-state index contributed by atoms with van der Waals surface area (Å²) in [5.74, 6) is 1.94.